The molecule has 0 fully saturated rings. The van der Waals surface area contributed by atoms with Crippen LogP contribution in [0.5, 0.6) is 0 Å². The fraction of sp³-hybridized carbons (Fsp3) is 0.417. The fourth-order valence-electron chi connectivity index (χ4n) is 1.51. The maximum absolute atomic E-state index is 12.0. The second-order valence-electron chi connectivity index (χ2n) is 4.22. The molecule has 0 aliphatic heterocycles. The molecule has 6 nitrogen and oxygen atoms in total. The van der Waals surface area contributed by atoms with E-state index in [4.69, 9.17) is 0 Å². The molecule has 2 N–H and O–H groups in total. The molecule has 1 aromatic rings. The molecular formula is C12H18N2O4S2. The van der Waals surface area contributed by atoms with Crippen molar-refractivity contribution in [3.05, 3.63) is 23.8 Å². The van der Waals surface area contributed by atoms with Gasteiger partial charge in [-0.2, -0.15) is 11.8 Å². The van der Waals surface area contributed by atoms with Crippen molar-refractivity contribution in [3.8, 4) is 0 Å². The summed E-state index contributed by atoms with van der Waals surface area (Å²) >= 11 is 1.63. The number of carboxylic acids is 1. The van der Waals surface area contributed by atoms with E-state index in [-0.39, 0.29) is 10.5 Å². The normalized spacial score (nSPS) is 11.6. The Kier molecular flexibility index (Phi) is 5.85. The predicted octanol–water partition coefficient (Wildman–Crippen LogP) is 1.41. The Morgan fingerprint density at radius 2 is 2.05 bits per heavy atom. The Hall–Kier alpha value is -1.25. The summed E-state index contributed by atoms with van der Waals surface area (Å²) in [7, 11) is -0.830. The topological polar surface area (TPSA) is 86.7 Å². The van der Waals surface area contributed by atoms with Gasteiger partial charge in [0.15, 0.2) is 0 Å². The number of rotatable bonds is 7. The van der Waals surface area contributed by atoms with Crippen LogP contribution in [0.3, 0.4) is 0 Å². The first-order chi connectivity index (χ1) is 9.30. The van der Waals surface area contributed by atoms with Crippen molar-refractivity contribution >= 4 is 33.4 Å². The Morgan fingerprint density at radius 3 is 2.55 bits per heavy atom. The number of nitrogens with one attached hydrogen (secondary N) is 1. The van der Waals surface area contributed by atoms with Crippen molar-refractivity contribution in [1.29, 1.82) is 0 Å². The summed E-state index contributed by atoms with van der Waals surface area (Å²) in [6.07, 6.45) is 1.95. The number of anilines is 1. The van der Waals surface area contributed by atoms with Gasteiger partial charge in [-0.15, -0.1) is 0 Å². The summed E-state index contributed by atoms with van der Waals surface area (Å²) in [4.78, 5) is 11.2. The highest BCUT2D eigenvalue weighted by molar-refractivity contribution is 7.98. The average Bonchev–Trinajstić information content (AvgIpc) is 2.38. The number of aromatic carboxylic acids is 1. The highest BCUT2D eigenvalue weighted by Gasteiger charge is 2.20. The molecule has 1 aromatic carbocycles. The van der Waals surface area contributed by atoms with Crippen molar-refractivity contribution in [2.45, 2.75) is 4.90 Å². The van der Waals surface area contributed by atoms with Crippen molar-refractivity contribution in [1.82, 2.24) is 4.31 Å². The summed E-state index contributed by atoms with van der Waals surface area (Å²) in [5.41, 5.74) is 0.373. The highest BCUT2D eigenvalue weighted by Crippen LogP contribution is 2.22. The lowest BCUT2D eigenvalue weighted by molar-refractivity contribution is 0.0697. The van der Waals surface area contributed by atoms with E-state index >= 15 is 0 Å². The average molecular weight is 318 g/mol. The second kappa shape index (κ2) is 6.96. The Bertz CT molecular complexity index is 585. The summed E-state index contributed by atoms with van der Waals surface area (Å²) in [6, 6.07) is 4.07. The van der Waals surface area contributed by atoms with Gasteiger partial charge in [0.25, 0.3) is 0 Å². The highest BCUT2D eigenvalue weighted by atomic mass is 32.2. The number of carbonyl (C=O) groups is 1. The van der Waals surface area contributed by atoms with E-state index in [1.165, 1.54) is 32.3 Å². The van der Waals surface area contributed by atoms with Gasteiger partial charge in [-0.05, 0) is 24.5 Å². The predicted molar refractivity (Wildman–Crippen MR) is 81.1 cm³/mol. The van der Waals surface area contributed by atoms with Gasteiger partial charge < -0.3 is 10.4 Å². The molecule has 0 aliphatic carbocycles. The van der Waals surface area contributed by atoms with Crippen molar-refractivity contribution in [2.75, 3.05) is 38.0 Å². The fourth-order valence-corrected chi connectivity index (χ4v) is 2.75. The molecule has 0 bridgehead atoms. The third-order valence-electron chi connectivity index (χ3n) is 2.62. The van der Waals surface area contributed by atoms with E-state index in [0.29, 0.717) is 12.2 Å². The van der Waals surface area contributed by atoms with Gasteiger partial charge in [-0.1, -0.05) is 0 Å². The first kappa shape index (κ1) is 16.8. The third-order valence-corrected chi connectivity index (χ3v) is 5.05. The molecule has 0 saturated carbocycles. The zero-order chi connectivity index (χ0) is 15.3. The maximum atomic E-state index is 12.0. The van der Waals surface area contributed by atoms with Crippen molar-refractivity contribution in [3.63, 3.8) is 0 Å². The molecule has 0 aromatic heterocycles. The van der Waals surface area contributed by atoms with Crippen LogP contribution in [0.2, 0.25) is 0 Å². The van der Waals surface area contributed by atoms with E-state index in [2.05, 4.69) is 5.32 Å². The molecule has 0 aliphatic rings. The first-order valence-electron chi connectivity index (χ1n) is 5.83. The van der Waals surface area contributed by atoms with Crippen LogP contribution in [0, 0.1) is 0 Å². The van der Waals surface area contributed by atoms with Crippen LogP contribution in [0.15, 0.2) is 23.1 Å². The quantitative estimate of drug-likeness (QED) is 0.739. The molecule has 0 unspecified atom stereocenters. The van der Waals surface area contributed by atoms with E-state index in [9.17, 15) is 18.3 Å². The third kappa shape index (κ3) is 3.87. The smallest absolute Gasteiger partial charge is 0.337 e. The monoisotopic (exact) mass is 318 g/mol. The number of hydrogen-bond acceptors (Lipinski definition) is 5. The van der Waals surface area contributed by atoms with Gasteiger partial charge in [0.2, 0.25) is 10.0 Å². The summed E-state index contributed by atoms with van der Waals surface area (Å²) in [6.45, 7) is 0.612. The summed E-state index contributed by atoms with van der Waals surface area (Å²) in [5, 5.41) is 12.2. The van der Waals surface area contributed by atoms with E-state index in [1.807, 2.05) is 6.26 Å². The van der Waals surface area contributed by atoms with Crippen LogP contribution in [-0.4, -0.2) is 56.4 Å². The number of sulfonamides is 1. The first-order valence-corrected chi connectivity index (χ1v) is 8.66. The lowest BCUT2D eigenvalue weighted by Crippen LogP contribution is -2.22. The molecular weight excluding hydrogens is 300 g/mol. The van der Waals surface area contributed by atoms with E-state index in [1.54, 1.807) is 11.8 Å². The molecule has 0 saturated heterocycles. The van der Waals surface area contributed by atoms with Crippen LogP contribution in [-0.2, 0) is 10.0 Å². The summed E-state index contributed by atoms with van der Waals surface area (Å²) < 4.78 is 25.0. The Labute approximate surface area is 123 Å². The van der Waals surface area contributed by atoms with Gasteiger partial charge >= 0.3 is 5.97 Å². The van der Waals surface area contributed by atoms with E-state index < -0.39 is 16.0 Å². The van der Waals surface area contributed by atoms with Crippen LogP contribution in [0.4, 0.5) is 5.69 Å². The van der Waals surface area contributed by atoms with Gasteiger partial charge in [0.1, 0.15) is 0 Å². The van der Waals surface area contributed by atoms with Crippen LogP contribution in [0.25, 0.3) is 0 Å². The van der Waals surface area contributed by atoms with Gasteiger partial charge in [-0.25, -0.2) is 17.5 Å². The lowest BCUT2D eigenvalue weighted by Gasteiger charge is -2.14. The Morgan fingerprint density at radius 1 is 1.40 bits per heavy atom. The van der Waals surface area contributed by atoms with Crippen LogP contribution >= 0.6 is 11.8 Å². The molecule has 0 amide bonds. The number of nitrogens with zero attached hydrogens (tertiary/aromatic N) is 1. The number of hydrogen-bond donors (Lipinski definition) is 2. The van der Waals surface area contributed by atoms with Gasteiger partial charge in [0, 0.05) is 32.1 Å². The Balaban J connectivity index is 3.17. The maximum Gasteiger partial charge on any atom is 0.337 e. The molecule has 112 valence electrons. The number of benzene rings is 1. The van der Waals surface area contributed by atoms with Crippen LogP contribution in [0.1, 0.15) is 10.4 Å². The number of carboxylic acid groups (broad SMARTS) is 1. The second-order valence-corrected chi connectivity index (χ2v) is 7.36. The summed E-state index contributed by atoms with van der Waals surface area (Å²) in [5.74, 6) is -0.330. The minimum Gasteiger partial charge on any atom is -0.478 e. The van der Waals surface area contributed by atoms with Crippen molar-refractivity contribution < 1.29 is 18.3 Å². The molecule has 8 heteroatoms. The van der Waals surface area contributed by atoms with E-state index in [0.717, 1.165) is 10.1 Å². The van der Waals surface area contributed by atoms with Crippen LogP contribution < -0.4 is 5.32 Å². The zero-order valence-corrected chi connectivity index (χ0v) is 13.2. The minimum absolute atomic E-state index is 0.0321. The lowest BCUT2D eigenvalue weighted by atomic mass is 10.2. The number of thioether (sulfide) groups is 1. The SMILES string of the molecule is CSCCNc1ccc(S(=O)(=O)N(C)C)cc1C(=O)O. The molecule has 0 atom stereocenters. The molecule has 0 radical (unpaired) electrons. The standard InChI is InChI=1S/C12H18N2O4S2/c1-14(2)20(17,18)9-4-5-11(13-6-7-19-3)10(8-9)12(15)16/h4-5,8,13H,6-7H2,1-3H3,(H,15,16). The molecule has 0 spiro atoms. The minimum atomic E-state index is -3.64. The zero-order valence-electron chi connectivity index (χ0n) is 11.6. The molecule has 20 heavy (non-hydrogen) atoms. The largest absolute Gasteiger partial charge is 0.478 e. The molecule has 1 rings (SSSR count). The molecule has 0 heterocycles. The van der Waals surface area contributed by atoms with Gasteiger partial charge in [0.05, 0.1) is 10.5 Å². The van der Waals surface area contributed by atoms with Crippen molar-refractivity contribution in [2.24, 2.45) is 0 Å². The van der Waals surface area contributed by atoms with Gasteiger partial charge in [-0.3, -0.25) is 0 Å².